The summed E-state index contributed by atoms with van der Waals surface area (Å²) in [5, 5.41) is 0. The molecule has 3 rings (SSSR count). The van der Waals surface area contributed by atoms with Gasteiger partial charge in [-0.25, -0.2) is 0 Å². The van der Waals surface area contributed by atoms with Crippen LogP contribution in [0.25, 0.3) is 11.1 Å². The number of ketones is 2. The number of carbonyl (C=O) groups is 2. The molecular formula is C25H40Cl2N2O5. The fourth-order valence-electron chi connectivity index (χ4n) is 4.04. The fourth-order valence-corrected chi connectivity index (χ4v) is 4.04. The van der Waals surface area contributed by atoms with Gasteiger partial charge in [0.15, 0.2) is 11.6 Å². The third-order valence-corrected chi connectivity index (χ3v) is 6.05. The highest BCUT2D eigenvalue weighted by Gasteiger charge is 2.22. The summed E-state index contributed by atoms with van der Waals surface area (Å²) < 4.78 is 0. The van der Waals surface area contributed by atoms with Crippen LogP contribution in [0.4, 0.5) is 0 Å². The van der Waals surface area contributed by atoms with Gasteiger partial charge in [-0.05, 0) is 67.0 Å². The van der Waals surface area contributed by atoms with Crippen LogP contribution in [0.15, 0.2) is 36.4 Å². The van der Waals surface area contributed by atoms with E-state index in [1.165, 1.54) is 22.3 Å². The quantitative estimate of drug-likeness (QED) is 0.381. The van der Waals surface area contributed by atoms with Gasteiger partial charge in [0, 0.05) is 11.1 Å². The van der Waals surface area contributed by atoms with Gasteiger partial charge in [-0.1, -0.05) is 52.0 Å². The molecule has 194 valence electrons. The van der Waals surface area contributed by atoms with Crippen molar-refractivity contribution < 1.29 is 26.0 Å². The Hall–Kier alpha value is -1.84. The molecule has 0 heterocycles. The zero-order chi connectivity index (χ0) is 21.0. The van der Waals surface area contributed by atoms with Gasteiger partial charge in [-0.2, -0.15) is 0 Å². The van der Waals surface area contributed by atoms with Crippen molar-refractivity contribution in [2.24, 2.45) is 0 Å². The summed E-state index contributed by atoms with van der Waals surface area (Å²) in [5.74, 6) is 0.338. The SMILES string of the molecule is CCN(CC)CC(=O)c1ccc2c(c1)Cc1cc(C(=O)CN(CC)CC)ccc1-2.Cl.Cl.O.O.O. The molecule has 0 amide bonds. The van der Waals surface area contributed by atoms with Crippen LogP contribution in [0, 0.1) is 0 Å². The van der Waals surface area contributed by atoms with Gasteiger partial charge in [0.25, 0.3) is 0 Å². The van der Waals surface area contributed by atoms with Gasteiger partial charge in [-0.15, -0.1) is 24.8 Å². The topological polar surface area (TPSA) is 135 Å². The van der Waals surface area contributed by atoms with E-state index >= 15 is 0 Å². The molecule has 34 heavy (non-hydrogen) atoms. The first-order chi connectivity index (χ1) is 14.0. The van der Waals surface area contributed by atoms with Crippen molar-refractivity contribution in [3.63, 3.8) is 0 Å². The van der Waals surface area contributed by atoms with Crippen LogP contribution in [0.5, 0.6) is 0 Å². The Balaban J connectivity index is -0.00000192. The molecule has 2 aromatic rings. The molecular weight excluding hydrogens is 479 g/mol. The molecule has 0 aromatic heterocycles. The molecule has 0 atom stereocenters. The molecule has 0 aliphatic heterocycles. The van der Waals surface area contributed by atoms with Crippen molar-refractivity contribution in [2.75, 3.05) is 39.3 Å². The first kappa shape index (κ1) is 36.7. The lowest BCUT2D eigenvalue weighted by atomic mass is 10.00. The molecule has 6 N–H and O–H groups in total. The summed E-state index contributed by atoms with van der Waals surface area (Å²) in [7, 11) is 0. The molecule has 1 aliphatic carbocycles. The number of hydrogen-bond acceptors (Lipinski definition) is 4. The Labute approximate surface area is 215 Å². The second kappa shape index (κ2) is 16.7. The van der Waals surface area contributed by atoms with Crippen molar-refractivity contribution in [1.82, 2.24) is 9.80 Å². The molecule has 2 aromatic carbocycles. The van der Waals surface area contributed by atoms with E-state index in [1.54, 1.807) is 0 Å². The van der Waals surface area contributed by atoms with Crippen molar-refractivity contribution in [3.05, 3.63) is 58.7 Å². The summed E-state index contributed by atoms with van der Waals surface area (Å²) in [6, 6.07) is 12.1. The van der Waals surface area contributed by atoms with Crippen molar-refractivity contribution in [2.45, 2.75) is 34.1 Å². The Morgan fingerprint density at radius 3 is 1.26 bits per heavy atom. The summed E-state index contributed by atoms with van der Waals surface area (Å²) in [6.45, 7) is 12.7. The third kappa shape index (κ3) is 8.13. The second-order valence-corrected chi connectivity index (χ2v) is 7.69. The third-order valence-electron chi connectivity index (χ3n) is 6.05. The highest BCUT2D eigenvalue weighted by Crippen LogP contribution is 2.37. The predicted octanol–water partition coefficient (Wildman–Crippen LogP) is 2.68. The second-order valence-electron chi connectivity index (χ2n) is 7.69. The Morgan fingerprint density at radius 2 is 0.971 bits per heavy atom. The number of benzene rings is 2. The minimum atomic E-state index is 0. The van der Waals surface area contributed by atoms with E-state index in [1.807, 2.05) is 24.3 Å². The van der Waals surface area contributed by atoms with E-state index < -0.39 is 0 Å². The maximum atomic E-state index is 12.7. The molecule has 0 bridgehead atoms. The van der Waals surface area contributed by atoms with E-state index in [-0.39, 0.29) is 52.8 Å². The zero-order valence-corrected chi connectivity index (χ0v) is 22.1. The van der Waals surface area contributed by atoms with Gasteiger partial charge in [0.1, 0.15) is 0 Å². The van der Waals surface area contributed by atoms with Crippen LogP contribution in [-0.2, 0) is 6.42 Å². The number of rotatable bonds is 10. The lowest BCUT2D eigenvalue weighted by Gasteiger charge is -2.17. The Bertz CT molecular complexity index is 843. The van der Waals surface area contributed by atoms with E-state index in [9.17, 15) is 9.59 Å². The molecule has 0 unspecified atom stereocenters. The van der Waals surface area contributed by atoms with E-state index in [2.05, 4.69) is 49.6 Å². The van der Waals surface area contributed by atoms with Crippen LogP contribution in [-0.4, -0.2) is 77.1 Å². The minimum absolute atomic E-state index is 0. The maximum absolute atomic E-state index is 12.7. The number of hydrogen-bond donors (Lipinski definition) is 0. The summed E-state index contributed by atoms with van der Waals surface area (Å²) in [6.07, 6.45) is 0.781. The van der Waals surface area contributed by atoms with E-state index in [4.69, 9.17) is 0 Å². The van der Waals surface area contributed by atoms with Crippen LogP contribution in [0.2, 0.25) is 0 Å². The number of likely N-dealkylation sites (N-methyl/N-ethyl adjacent to an activating group) is 2. The predicted molar refractivity (Wildman–Crippen MR) is 144 cm³/mol. The Kier molecular flexibility index (Phi) is 18.1. The van der Waals surface area contributed by atoms with Gasteiger partial charge < -0.3 is 16.4 Å². The number of Topliss-reactive ketones (excluding diaryl/α,β-unsaturated/α-hetero) is 2. The highest BCUT2D eigenvalue weighted by atomic mass is 35.5. The number of carbonyl (C=O) groups excluding carboxylic acids is 2. The molecule has 7 nitrogen and oxygen atoms in total. The lowest BCUT2D eigenvalue weighted by molar-refractivity contribution is 0.0930. The number of halogens is 2. The number of nitrogens with zero attached hydrogens (tertiary/aromatic N) is 2. The summed E-state index contributed by atoms with van der Waals surface area (Å²) >= 11 is 0. The standard InChI is InChI=1S/C25H32N2O2.2ClH.3H2O/c1-5-26(6-2)16-24(28)18-9-11-22-20(13-18)15-21-14-19(10-12-23(21)22)25(29)17-27(7-3)8-4;;;;;/h9-14H,5-8,15-17H2,1-4H3;2*1H;3*1H2. The van der Waals surface area contributed by atoms with Crippen molar-refractivity contribution >= 4 is 36.4 Å². The molecule has 0 saturated heterocycles. The lowest BCUT2D eigenvalue weighted by Crippen LogP contribution is -2.29. The molecule has 9 heteroatoms. The largest absolute Gasteiger partial charge is 0.412 e. The van der Waals surface area contributed by atoms with Crippen LogP contribution in [0.3, 0.4) is 0 Å². The van der Waals surface area contributed by atoms with Crippen LogP contribution < -0.4 is 0 Å². The monoisotopic (exact) mass is 518 g/mol. The first-order valence-corrected chi connectivity index (χ1v) is 10.8. The number of fused-ring (bicyclic) bond motifs is 3. The first-order valence-electron chi connectivity index (χ1n) is 10.8. The molecule has 0 fully saturated rings. The van der Waals surface area contributed by atoms with E-state index in [0.717, 1.165) is 43.7 Å². The molecule has 0 radical (unpaired) electrons. The highest BCUT2D eigenvalue weighted by molar-refractivity contribution is 6.00. The maximum Gasteiger partial charge on any atom is 0.176 e. The van der Waals surface area contributed by atoms with Gasteiger partial charge >= 0.3 is 0 Å². The van der Waals surface area contributed by atoms with Gasteiger partial charge in [-0.3, -0.25) is 19.4 Å². The van der Waals surface area contributed by atoms with Crippen molar-refractivity contribution in [1.29, 1.82) is 0 Å². The molecule has 1 aliphatic rings. The molecule has 0 spiro atoms. The van der Waals surface area contributed by atoms with E-state index in [0.29, 0.717) is 13.1 Å². The van der Waals surface area contributed by atoms with Crippen LogP contribution >= 0.6 is 24.8 Å². The van der Waals surface area contributed by atoms with Crippen LogP contribution in [0.1, 0.15) is 59.5 Å². The molecule has 0 saturated carbocycles. The zero-order valence-electron chi connectivity index (χ0n) is 20.4. The minimum Gasteiger partial charge on any atom is -0.412 e. The average Bonchev–Trinajstić information content (AvgIpc) is 3.12. The van der Waals surface area contributed by atoms with Gasteiger partial charge in [0.05, 0.1) is 13.1 Å². The summed E-state index contributed by atoms with van der Waals surface area (Å²) in [5.41, 5.74) is 6.28. The Morgan fingerprint density at radius 1 is 0.647 bits per heavy atom. The van der Waals surface area contributed by atoms with Crippen molar-refractivity contribution in [3.8, 4) is 11.1 Å². The summed E-state index contributed by atoms with van der Waals surface area (Å²) in [4.78, 5) is 29.6. The average molecular weight is 520 g/mol. The normalized spacial score (nSPS) is 10.5. The fraction of sp³-hybridized carbons (Fsp3) is 0.440. The smallest absolute Gasteiger partial charge is 0.176 e. The van der Waals surface area contributed by atoms with Gasteiger partial charge in [0.2, 0.25) is 0 Å².